The van der Waals surface area contributed by atoms with E-state index in [1.54, 1.807) is 24.1 Å². The fourth-order valence-electron chi connectivity index (χ4n) is 4.98. The summed E-state index contributed by atoms with van der Waals surface area (Å²) < 4.78 is 24.0. The average Bonchev–Trinajstić information content (AvgIpc) is 3.28. The molecule has 7 heteroatoms. The molecule has 0 radical (unpaired) electrons. The number of nitrogens with zero attached hydrogens (tertiary/aromatic N) is 2. The number of furan rings is 1. The first kappa shape index (κ1) is 27.4. The third-order valence-electron chi connectivity index (χ3n) is 7.04. The van der Waals surface area contributed by atoms with E-state index in [9.17, 15) is 4.39 Å². The smallest absolute Gasteiger partial charge is 0.139 e. The fourth-order valence-corrected chi connectivity index (χ4v) is 6.74. The number of halogens is 1. The van der Waals surface area contributed by atoms with Crippen LogP contribution in [-0.2, 0) is 6.54 Å². The maximum absolute atomic E-state index is 13.2. The molecule has 1 saturated heterocycles. The van der Waals surface area contributed by atoms with Gasteiger partial charge in [0.1, 0.15) is 17.2 Å². The molecule has 1 aromatic heterocycles. The minimum Gasteiger partial charge on any atom is -0.456 e. The predicted molar refractivity (Wildman–Crippen MR) is 156 cm³/mol. The number of benzene rings is 2. The molecule has 2 aromatic carbocycles. The van der Waals surface area contributed by atoms with Crippen molar-refractivity contribution in [3.8, 4) is 11.3 Å². The summed E-state index contributed by atoms with van der Waals surface area (Å²) in [7, 11) is 3.92. The Bertz CT molecular complexity index is 1060. The maximum atomic E-state index is 13.2. The standard InChI is InChI=1S/C18H19FN2OS.C11H21NS/c1-20-11-16-15-9-8-14(21(2)23-3)10-17(15)22-18(16)12-4-6-13(19)7-5-12;1-3-7-11(8-4-1)13-12-9-5-2-6-10-12/h4-10,20H,11H2,1-3H3;11H,1-10H2. The third-order valence-corrected chi connectivity index (χ3v) is 9.23. The van der Waals surface area contributed by atoms with Gasteiger partial charge in [-0.2, -0.15) is 0 Å². The molecule has 5 rings (SSSR count). The van der Waals surface area contributed by atoms with Gasteiger partial charge in [-0.15, -0.1) is 0 Å². The number of fused-ring (bicyclic) bond motifs is 1. The highest BCUT2D eigenvalue weighted by molar-refractivity contribution is 7.99. The molecule has 196 valence electrons. The molecule has 0 unspecified atom stereocenters. The summed E-state index contributed by atoms with van der Waals surface area (Å²) in [6.07, 6.45) is 13.7. The Morgan fingerprint density at radius 1 is 1.00 bits per heavy atom. The number of hydrogen-bond acceptors (Lipinski definition) is 6. The number of hydrogen-bond donors (Lipinski definition) is 1. The highest BCUT2D eigenvalue weighted by Crippen LogP contribution is 2.36. The molecule has 0 atom stereocenters. The second-order valence-electron chi connectivity index (χ2n) is 9.66. The molecule has 1 aliphatic carbocycles. The van der Waals surface area contributed by atoms with Crippen LogP contribution in [0.1, 0.15) is 56.9 Å². The first-order chi connectivity index (χ1) is 17.6. The van der Waals surface area contributed by atoms with E-state index < -0.39 is 0 Å². The van der Waals surface area contributed by atoms with Gasteiger partial charge in [-0.25, -0.2) is 4.39 Å². The zero-order valence-electron chi connectivity index (χ0n) is 21.9. The van der Waals surface area contributed by atoms with E-state index in [1.165, 1.54) is 76.6 Å². The van der Waals surface area contributed by atoms with Gasteiger partial charge in [0.15, 0.2) is 0 Å². The van der Waals surface area contributed by atoms with E-state index in [4.69, 9.17) is 4.42 Å². The van der Waals surface area contributed by atoms with Crippen LogP contribution in [0, 0.1) is 5.82 Å². The molecule has 3 aromatic rings. The Morgan fingerprint density at radius 2 is 1.69 bits per heavy atom. The van der Waals surface area contributed by atoms with Crippen molar-refractivity contribution in [2.24, 2.45) is 0 Å². The fraction of sp³-hybridized carbons (Fsp3) is 0.517. The van der Waals surface area contributed by atoms with Crippen LogP contribution in [0.2, 0.25) is 0 Å². The summed E-state index contributed by atoms with van der Waals surface area (Å²) in [5.74, 6) is 0.544. The molecule has 0 bridgehead atoms. The van der Waals surface area contributed by atoms with Crippen LogP contribution in [0.4, 0.5) is 10.1 Å². The average molecular weight is 530 g/mol. The van der Waals surface area contributed by atoms with Crippen LogP contribution in [0.5, 0.6) is 0 Å². The molecule has 36 heavy (non-hydrogen) atoms. The van der Waals surface area contributed by atoms with E-state index in [1.807, 2.05) is 26.4 Å². The first-order valence-corrected chi connectivity index (χ1v) is 15.3. The van der Waals surface area contributed by atoms with Crippen molar-refractivity contribution < 1.29 is 8.81 Å². The number of nitrogens with one attached hydrogen (secondary N) is 1. The van der Waals surface area contributed by atoms with E-state index in [-0.39, 0.29) is 5.82 Å². The Labute approximate surface area is 224 Å². The third kappa shape index (κ3) is 7.21. The Kier molecular flexibility index (Phi) is 10.5. The summed E-state index contributed by atoms with van der Waals surface area (Å²) in [5, 5.41) is 5.23. The van der Waals surface area contributed by atoms with Crippen LogP contribution in [0.3, 0.4) is 0 Å². The SMILES string of the molecule is C1CCC(SN2CCCCC2)CC1.CNCc1c(-c2ccc(F)cc2)oc2cc(N(C)SC)ccc12. The zero-order chi connectivity index (χ0) is 25.3. The highest BCUT2D eigenvalue weighted by atomic mass is 32.2. The molecule has 2 aliphatic rings. The van der Waals surface area contributed by atoms with Gasteiger partial charge in [0.25, 0.3) is 0 Å². The molecular formula is C29H40FN3OS2. The van der Waals surface area contributed by atoms with E-state index in [2.05, 4.69) is 38.0 Å². The lowest BCUT2D eigenvalue weighted by Crippen LogP contribution is -2.26. The normalized spacial score (nSPS) is 17.1. The van der Waals surface area contributed by atoms with Gasteiger partial charge in [-0.1, -0.05) is 49.6 Å². The molecule has 1 N–H and O–H groups in total. The monoisotopic (exact) mass is 529 g/mol. The topological polar surface area (TPSA) is 31.6 Å². The predicted octanol–water partition coefficient (Wildman–Crippen LogP) is 8.13. The quantitative estimate of drug-likeness (QED) is 0.311. The van der Waals surface area contributed by atoms with Gasteiger partial charge in [-0.3, -0.25) is 4.31 Å². The molecule has 1 saturated carbocycles. The Balaban J connectivity index is 0.000000197. The maximum Gasteiger partial charge on any atom is 0.139 e. The molecule has 0 spiro atoms. The van der Waals surface area contributed by atoms with Crippen LogP contribution < -0.4 is 9.62 Å². The van der Waals surface area contributed by atoms with Crippen molar-refractivity contribution in [2.75, 3.05) is 37.7 Å². The molecule has 4 nitrogen and oxygen atoms in total. The van der Waals surface area contributed by atoms with Gasteiger partial charge in [-0.05, 0) is 69.1 Å². The van der Waals surface area contributed by atoms with Crippen molar-refractivity contribution in [1.29, 1.82) is 0 Å². The molecule has 0 amide bonds. The minimum absolute atomic E-state index is 0.246. The van der Waals surface area contributed by atoms with Crippen LogP contribution in [0.15, 0.2) is 46.9 Å². The summed E-state index contributed by atoms with van der Waals surface area (Å²) in [6.45, 7) is 3.39. The molecule has 1 aliphatic heterocycles. The molecular weight excluding hydrogens is 489 g/mol. The summed E-state index contributed by atoms with van der Waals surface area (Å²) >= 11 is 3.82. The lowest BCUT2D eigenvalue weighted by molar-refractivity contribution is 0.374. The van der Waals surface area contributed by atoms with Crippen molar-refractivity contribution in [1.82, 2.24) is 9.62 Å². The number of rotatable bonds is 7. The largest absolute Gasteiger partial charge is 0.456 e. The molecule has 2 heterocycles. The van der Waals surface area contributed by atoms with Gasteiger partial charge < -0.3 is 14.0 Å². The number of piperidine rings is 1. The number of anilines is 1. The Morgan fingerprint density at radius 3 is 2.36 bits per heavy atom. The van der Waals surface area contributed by atoms with Gasteiger partial charge in [0, 0.05) is 60.8 Å². The van der Waals surface area contributed by atoms with E-state index in [0.29, 0.717) is 6.54 Å². The van der Waals surface area contributed by atoms with Gasteiger partial charge in [0.2, 0.25) is 0 Å². The summed E-state index contributed by atoms with van der Waals surface area (Å²) in [6, 6.07) is 12.6. The van der Waals surface area contributed by atoms with E-state index in [0.717, 1.165) is 38.8 Å². The van der Waals surface area contributed by atoms with Gasteiger partial charge in [0.05, 0.1) is 5.69 Å². The lowest BCUT2D eigenvalue weighted by atomic mass is 10.0. The first-order valence-electron chi connectivity index (χ1n) is 13.2. The zero-order valence-corrected chi connectivity index (χ0v) is 23.5. The van der Waals surface area contributed by atoms with E-state index >= 15 is 0 Å². The summed E-state index contributed by atoms with van der Waals surface area (Å²) in [4.78, 5) is 0. The second kappa shape index (κ2) is 13.8. The second-order valence-corrected chi connectivity index (χ2v) is 12.0. The minimum atomic E-state index is -0.246. The van der Waals surface area contributed by atoms with Crippen molar-refractivity contribution in [3.05, 3.63) is 53.8 Å². The van der Waals surface area contributed by atoms with Crippen LogP contribution in [-0.4, -0.2) is 43.0 Å². The van der Waals surface area contributed by atoms with Crippen LogP contribution >= 0.6 is 23.9 Å². The van der Waals surface area contributed by atoms with Crippen LogP contribution in [0.25, 0.3) is 22.3 Å². The molecule has 2 fully saturated rings. The van der Waals surface area contributed by atoms with Crippen molar-refractivity contribution >= 4 is 40.6 Å². The van der Waals surface area contributed by atoms with Gasteiger partial charge >= 0.3 is 0 Å². The summed E-state index contributed by atoms with van der Waals surface area (Å²) in [5.41, 5.74) is 3.90. The van der Waals surface area contributed by atoms with Crippen molar-refractivity contribution in [2.45, 2.75) is 63.2 Å². The van der Waals surface area contributed by atoms with Crippen molar-refractivity contribution in [3.63, 3.8) is 0 Å². The highest BCUT2D eigenvalue weighted by Gasteiger charge is 2.19. The lowest BCUT2D eigenvalue weighted by Gasteiger charge is -2.31. The Hall–Kier alpha value is -1.67.